The number of fused-ring (bicyclic) bond motifs is 2. The van der Waals surface area contributed by atoms with Crippen LogP contribution in [0.25, 0.3) is 0 Å². The Balaban J connectivity index is 1.79. The quantitative estimate of drug-likeness (QED) is 0.576. The van der Waals surface area contributed by atoms with E-state index < -0.39 is 0 Å². The van der Waals surface area contributed by atoms with E-state index in [1.54, 1.807) is 0 Å². The molecule has 0 heterocycles. The predicted octanol–water partition coefficient (Wildman–Crippen LogP) is 5.62. The van der Waals surface area contributed by atoms with Gasteiger partial charge in [-0.25, -0.2) is 0 Å². The molecule has 1 heteroatoms. The second-order valence-corrected chi connectivity index (χ2v) is 6.39. The molecule has 0 bridgehead atoms. The Bertz CT molecular complexity index is 757. The zero-order chi connectivity index (χ0) is 14.9. The van der Waals surface area contributed by atoms with Crippen LogP contribution in [0.1, 0.15) is 33.7 Å². The Kier molecular flexibility index (Phi) is 3.48. The van der Waals surface area contributed by atoms with E-state index in [0.717, 1.165) is 17.9 Å². The van der Waals surface area contributed by atoms with Crippen molar-refractivity contribution in [3.8, 4) is 0 Å². The summed E-state index contributed by atoms with van der Waals surface area (Å²) in [5.41, 5.74) is 7.19. The number of halogens is 1. The molecule has 108 valence electrons. The minimum absolute atomic E-state index is 0.433. The van der Waals surface area contributed by atoms with Crippen molar-refractivity contribution in [1.82, 2.24) is 0 Å². The van der Waals surface area contributed by atoms with E-state index >= 15 is 0 Å². The summed E-state index contributed by atoms with van der Waals surface area (Å²) < 4.78 is 0. The molecule has 0 saturated carbocycles. The fourth-order valence-electron chi connectivity index (χ4n) is 3.52. The highest BCUT2D eigenvalue weighted by Gasteiger charge is 2.24. The van der Waals surface area contributed by atoms with Crippen molar-refractivity contribution < 1.29 is 0 Å². The lowest BCUT2D eigenvalue weighted by Gasteiger charge is -2.28. The number of benzene rings is 3. The molecule has 4 rings (SSSR count). The maximum atomic E-state index is 6.02. The zero-order valence-electron chi connectivity index (χ0n) is 12.3. The minimum atomic E-state index is 0.433. The van der Waals surface area contributed by atoms with E-state index in [1.165, 1.54) is 27.8 Å². The molecule has 1 aliphatic carbocycles. The standard InChI is InChI=1S/C21H17Cl/c22-18-11-9-15(10-12-18)13-21-19-7-3-1-5-16(19)14-17-6-2-4-8-20(17)21/h1-12,21H,13-14H2. The normalized spacial score (nSPS) is 13.5. The molecular weight excluding hydrogens is 288 g/mol. The summed E-state index contributed by atoms with van der Waals surface area (Å²) in [6.45, 7) is 0. The Morgan fingerprint density at radius 1 is 0.727 bits per heavy atom. The first-order valence-electron chi connectivity index (χ1n) is 7.71. The lowest BCUT2D eigenvalue weighted by atomic mass is 9.75. The predicted molar refractivity (Wildman–Crippen MR) is 92.7 cm³/mol. The van der Waals surface area contributed by atoms with Crippen LogP contribution in [0.5, 0.6) is 0 Å². The van der Waals surface area contributed by atoms with Crippen LogP contribution in [0, 0.1) is 0 Å². The van der Waals surface area contributed by atoms with Crippen LogP contribution in [0.3, 0.4) is 0 Å². The molecule has 0 nitrogen and oxygen atoms in total. The molecule has 0 saturated heterocycles. The Morgan fingerprint density at radius 2 is 1.27 bits per heavy atom. The average molecular weight is 305 g/mol. The first-order valence-corrected chi connectivity index (χ1v) is 8.09. The van der Waals surface area contributed by atoms with Gasteiger partial charge in [-0.1, -0.05) is 72.3 Å². The van der Waals surface area contributed by atoms with Crippen LogP contribution < -0.4 is 0 Å². The molecule has 0 atom stereocenters. The summed E-state index contributed by atoms with van der Waals surface area (Å²) in [5.74, 6) is 0.433. The molecule has 22 heavy (non-hydrogen) atoms. The third-order valence-corrected chi connectivity index (χ3v) is 4.85. The molecule has 0 N–H and O–H groups in total. The Morgan fingerprint density at radius 3 is 1.86 bits per heavy atom. The third-order valence-electron chi connectivity index (χ3n) is 4.60. The van der Waals surface area contributed by atoms with Crippen LogP contribution >= 0.6 is 11.6 Å². The van der Waals surface area contributed by atoms with Crippen LogP contribution in [-0.2, 0) is 12.8 Å². The molecule has 1 aliphatic rings. The lowest BCUT2D eigenvalue weighted by Crippen LogP contribution is -2.15. The van der Waals surface area contributed by atoms with E-state index in [4.69, 9.17) is 11.6 Å². The van der Waals surface area contributed by atoms with Gasteiger partial charge in [-0.05, 0) is 52.8 Å². The topological polar surface area (TPSA) is 0 Å². The number of hydrogen-bond donors (Lipinski definition) is 0. The molecular formula is C21H17Cl. The molecule has 0 radical (unpaired) electrons. The van der Waals surface area contributed by atoms with Gasteiger partial charge in [0.1, 0.15) is 0 Å². The number of hydrogen-bond acceptors (Lipinski definition) is 0. The van der Waals surface area contributed by atoms with Crippen LogP contribution in [0.4, 0.5) is 0 Å². The van der Waals surface area contributed by atoms with Crippen molar-refractivity contribution >= 4 is 11.6 Å². The van der Waals surface area contributed by atoms with Gasteiger partial charge in [0.25, 0.3) is 0 Å². The summed E-state index contributed by atoms with van der Waals surface area (Å²) in [6, 6.07) is 25.9. The van der Waals surface area contributed by atoms with E-state index in [-0.39, 0.29) is 0 Å². The van der Waals surface area contributed by atoms with Crippen molar-refractivity contribution in [2.24, 2.45) is 0 Å². The average Bonchev–Trinajstić information content (AvgIpc) is 2.56. The molecule has 0 fully saturated rings. The maximum Gasteiger partial charge on any atom is 0.0406 e. The van der Waals surface area contributed by atoms with E-state index in [1.807, 2.05) is 12.1 Å². The van der Waals surface area contributed by atoms with Gasteiger partial charge >= 0.3 is 0 Å². The second kappa shape index (κ2) is 5.62. The summed E-state index contributed by atoms with van der Waals surface area (Å²) >= 11 is 6.02. The largest absolute Gasteiger partial charge is 0.0843 e. The molecule has 0 amide bonds. The molecule has 3 aromatic carbocycles. The van der Waals surface area contributed by atoms with Gasteiger partial charge in [0.15, 0.2) is 0 Å². The van der Waals surface area contributed by atoms with Crippen molar-refractivity contribution in [1.29, 1.82) is 0 Å². The highest BCUT2D eigenvalue weighted by atomic mass is 35.5. The summed E-state index contributed by atoms with van der Waals surface area (Å²) in [5, 5.41) is 0.799. The maximum absolute atomic E-state index is 6.02. The summed E-state index contributed by atoms with van der Waals surface area (Å²) in [6.07, 6.45) is 2.06. The lowest BCUT2D eigenvalue weighted by molar-refractivity contribution is 0.760. The molecule has 0 unspecified atom stereocenters. The fourth-order valence-corrected chi connectivity index (χ4v) is 3.65. The van der Waals surface area contributed by atoms with Crippen LogP contribution in [0.15, 0.2) is 72.8 Å². The molecule has 3 aromatic rings. The van der Waals surface area contributed by atoms with Crippen molar-refractivity contribution in [2.75, 3.05) is 0 Å². The second-order valence-electron chi connectivity index (χ2n) is 5.96. The van der Waals surface area contributed by atoms with Gasteiger partial charge in [0.2, 0.25) is 0 Å². The first-order chi connectivity index (χ1) is 10.8. The monoisotopic (exact) mass is 304 g/mol. The van der Waals surface area contributed by atoms with Gasteiger partial charge in [-0.15, -0.1) is 0 Å². The minimum Gasteiger partial charge on any atom is -0.0843 e. The van der Waals surface area contributed by atoms with Crippen LogP contribution in [0.2, 0.25) is 5.02 Å². The Labute approximate surface area is 136 Å². The van der Waals surface area contributed by atoms with Gasteiger partial charge in [-0.2, -0.15) is 0 Å². The molecule has 0 spiro atoms. The smallest absolute Gasteiger partial charge is 0.0406 e. The SMILES string of the molecule is Clc1ccc(CC2c3ccccc3Cc3ccccc32)cc1. The van der Waals surface area contributed by atoms with E-state index in [0.29, 0.717) is 5.92 Å². The van der Waals surface area contributed by atoms with E-state index in [2.05, 4.69) is 60.7 Å². The number of rotatable bonds is 2. The van der Waals surface area contributed by atoms with Gasteiger partial charge in [0.05, 0.1) is 0 Å². The summed E-state index contributed by atoms with van der Waals surface area (Å²) in [7, 11) is 0. The molecule has 0 aromatic heterocycles. The van der Waals surface area contributed by atoms with Crippen molar-refractivity contribution in [3.63, 3.8) is 0 Å². The first kappa shape index (κ1) is 13.6. The highest BCUT2D eigenvalue weighted by Crippen LogP contribution is 2.38. The van der Waals surface area contributed by atoms with E-state index in [9.17, 15) is 0 Å². The third kappa shape index (κ3) is 2.44. The van der Waals surface area contributed by atoms with Crippen LogP contribution in [-0.4, -0.2) is 0 Å². The fraction of sp³-hybridized carbons (Fsp3) is 0.143. The van der Waals surface area contributed by atoms with Gasteiger partial charge in [-0.3, -0.25) is 0 Å². The molecule has 0 aliphatic heterocycles. The zero-order valence-corrected chi connectivity index (χ0v) is 13.1. The van der Waals surface area contributed by atoms with Crippen molar-refractivity contribution in [3.05, 3.63) is 106 Å². The Hall–Kier alpha value is -2.05. The van der Waals surface area contributed by atoms with Gasteiger partial charge in [0, 0.05) is 10.9 Å². The highest BCUT2D eigenvalue weighted by molar-refractivity contribution is 6.30. The van der Waals surface area contributed by atoms with Crippen molar-refractivity contribution in [2.45, 2.75) is 18.8 Å². The van der Waals surface area contributed by atoms with Gasteiger partial charge < -0.3 is 0 Å². The summed E-state index contributed by atoms with van der Waals surface area (Å²) in [4.78, 5) is 0.